The summed E-state index contributed by atoms with van der Waals surface area (Å²) < 4.78 is 6.26. The maximum absolute atomic E-state index is 6.26. The van der Waals surface area contributed by atoms with Crippen LogP contribution in [0.2, 0.25) is 0 Å². The summed E-state index contributed by atoms with van der Waals surface area (Å²) >= 11 is 0. The van der Waals surface area contributed by atoms with Gasteiger partial charge in [-0.25, -0.2) is 4.98 Å². The second kappa shape index (κ2) is 5.74. The minimum atomic E-state index is 0.205. The lowest BCUT2D eigenvalue weighted by atomic mass is 10.1. The number of nitrogens with zero attached hydrogens (tertiary/aromatic N) is 3. The van der Waals surface area contributed by atoms with Crippen molar-refractivity contribution >= 4 is 39.1 Å². The van der Waals surface area contributed by atoms with Crippen molar-refractivity contribution in [3.8, 4) is 0 Å². The van der Waals surface area contributed by atoms with Gasteiger partial charge in [-0.1, -0.05) is 24.3 Å². The Morgan fingerprint density at radius 2 is 1.63 bits per heavy atom. The van der Waals surface area contributed by atoms with Gasteiger partial charge in [0.25, 0.3) is 0 Å². The van der Waals surface area contributed by atoms with E-state index in [9.17, 15) is 0 Å². The van der Waals surface area contributed by atoms with E-state index in [0.29, 0.717) is 11.8 Å². The summed E-state index contributed by atoms with van der Waals surface area (Å²) in [6, 6.07) is 19.5. The fraction of sp³-hybridized carbons (Fsp3) is 0.261. The van der Waals surface area contributed by atoms with Crippen molar-refractivity contribution in [1.82, 2.24) is 4.98 Å². The molecule has 4 aromatic rings. The molecule has 5 rings (SSSR count). The molecule has 27 heavy (non-hydrogen) atoms. The van der Waals surface area contributed by atoms with Gasteiger partial charge in [0.1, 0.15) is 6.17 Å². The number of aromatic nitrogens is 1. The second-order valence-electron chi connectivity index (χ2n) is 7.55. The largest absolute Gasteiger partial charge is 0.435 e. The van der Waals surface area contributed by atoms with Gasteiger partial charge in [0.15, 0.2) is 5.58 Å². The van der Waals surface area contributed by atoms with E-state index in [1.807, 2.05) is 13.0 Å². The summed E-state index contributed by atoms with van der Waals surface area (Å²) in [5.74, 6) is 0. The highest BCUT2D eigenvalue weighted by Gasteiger charge is 2.36. The van der Waals surface area contributed by atoms with Gasteiger partial charge in [0, 0.05) is 22.5 Å². The number of para-hydroxylation sites is 3. The van der Waals surface area contributed by atoms with Crippen LogP contribution in [0, 0.1) is 6.92 Å². The Kier molecular flexibility index (Phi) is 3.44. The van der Waals surface area contributed by atoms with Gasteiger partial charge in [-0.3, -0.25) is 0 Å². The summed E-state index contributed by atoms with van der Waals surface area (Å²) in [7, 11) is 0. The van der Waals surface area contributed by atoms with Crippen molar-refractivity contribution in [2.75, 3.05) is 9.80 Å². The Bertz CT molecular complexity index is 1160. The minimum absolute atomic E-state index is 0.205. The molecule has 1 aliphatic heterocycles. The van der Waals surface area contributed by atoms with Crippen LogP contribution in [-0.4, -0.2) is 17.2 Å². The van der Waals surface area contributed by atoms with Crippen LogP contribution < -0.4 is 9.80 Å². The van der Waals surface area contributed by atoms with Gasteiger partial charge in [-0.2, -0.15) is 0 Å². The molecule has 4 nitrogen and oxygen atoms in total. The molecular formula is C23H23N3O. The third kappa shape index (κ3) is 2.26. The number of anilines is 3. The summed E-state index contributed by atoms with van der Waals surface area (Å²) in [6.45, 7) is 8.73. The van der Waals surface area contributed by atoms with Crippen molar-refractivity contribution in [3.05, 3.63) is 60.3 Å². The topological polar surface area (TPSA) is 32.5 Å². The number of rotatable bonds is 2. The normalized spacial score (nSPS) is 16.7. The van der Waals surface area contributed by atoms with E-state index in [4.69, 9.17) is 4.42 Å². The number of benzene rings is 2. The molecule has 2 aromatic carbocycles. The van der Waals surface area contributed by atoms with E-state index < -0.39 is 0 Å². The zero-order chi connectivity index (χ0) is 18.7. The van der Waals surface area contributed by atoms with Crippen molar-refractivity contribution in [3.63, 3.8) is 0 Å². The highest BCUT2D eigenvalue weighted by atomic mass is 16.3. The zero-order valence-electron chi connectivity index (χ0n) is 16.1. The number of hydrogen-bond donors (Lipinski definition) is 0. The van der Waals surface area contributed by atoms with E-state index in [0.717, 1.165) is 27.7 Å². The lowest BCUT2D eigenvalue weighted by Crippen LogP contribution is -2.42. The van der Waals surface area contributed by atoms with Crippen molar-refractivity contribution in [2.24, 2.45) is 0 Å². The van der Waals surface area contributed by atoms with E-state index in [2.05, 4.69) is 84.1 Å². The van der Waals surface area contributed by atoms with Crippen LogP contribution >= 0.6 is 0 Å². The molecule has 0 aliphatic carbocycles. The van der Waals surface area contributed by atoms with Gasteiger partial charge < -0.3 is 14.2 Å². The van der Waals surface area contributed by atoms with Gasteiger partial charge in [-0.15, -0.1) is 0 Å². The first-order valence-corrected chi connectivity index (χ1v) is 9.51. The molecule has 2 aromatic heterocycles. The average Bonchev–Trinajstić information content (AvgIpc) is 3.15. The summed E-state index contributed by atoms with van der Waals surface area (Å²) in [4.78, 5) is 9.43. The highest BCUT2D eigenvalue weighted by molar-refractivity contribution is 6.09. The molecule has 136 valence electrons. The quantitative estimate of drug-likeness (QED) is 0.440. The van der Waals surface area contributed by atoms with Gasteiger partial charge >= 0.3 is 0 Å². The number of pyridine rings is 1. The van der Waals surface area contributed by atoms with Crippen LogP contribution in [0.25, 0.3) is 22.1 Å². The number of furan rings is 1. The molecule has 1 aliphatic rings. The zero-order valence-corrected chi connectivity index (χ0v) is 16.1. The maximum Gasteiger partial charge on any atom is 0.227 e. The number of hydrogen-bond acceptors (Lipinski definition) is 4. The molecule has 0 saturated heterocycles. The first-order valence-electron chi connectivity index (χ1n) is 9.51. The number of fused-ring (bicyclic) bond motifs is 4. The molecular weight excluding hydrogens is 334 g/mol. The first kappa shape index (κ1) is 16.2. The summed E-state index contributed by atoms with van der Waals surface area (Å²) in [5, 5.41) is 2.18. The molecule has 0 amide bonds. The Morgan fingerprint density at radius 3 is 2.41 bits per heavy atom. The SMILES string of the molecule is Cc1ccc2c(n1)oc1c(N3c4ccccc4N(C(C)C)C3C)cccc12. The molecule has 0 fully saturated rings. The summed E-state index contributed by atoms with van der Waals surface area (Å²) in [6.07, 6.45) is 0.205. The van der Waals surface area contributed by atoms with Crippen LogP contribution in [0.3, 0.4) is 0 Å². The minimum Gasteiger partial charge on any atom is -0.435 e. The molecule has 3 heterocycles. The molecule has 0 spiro atoms. The molecule has 1 unspecified atom stereocenters. The Hall–Kier alpha value is -3.01. The molecule has 0 N–H and O–H groups in total. The van der Waals surface area contributed by atoms with Crippen LogP contribution in [0.15, 0.2) is 59.0 Å². The lowest BCUT2D eigenvalue weighted by Gasteiger charge is -2.32. The lowest BCUT2D eigenvalue weighted by molar-refractivity contribution is 0.602. The number of aryl methyl sites for hydroxylation is 1. The predicted octanol–water partition coefficient (Wildman–Crippen LogP) is 6.00. The molecule has 0 saturated carbocycles. The fourth-order valence-electron chi connectivity index (χ4n) is 4.40. The molecule has 0 radical (unpaired) electrons. The standard InChI is InChI=1S/C23H23N3O/c1-14(2)25-16(4)26(20-10-6-5-9-19(20)25)21-11-7-8-17-18-13-12-15(3)24-23(18)27-22(17)21/h5-14,16H,1-4H3. The predicted molar refractivity (Wildman–Crippen MR) is 112 cm³/mol. The van der Waals surface area contributed by atoms with Crippen molar-refractivity contribution in [2.45, 2.75) is 39.9 Å². The Balaban J connectivity index is 1.77. The Labute approximate surface area is 159 Å². The second-order valence-corrected chi connectivity index (χ2v) is 7.55. The van der Waals surface area contributed by atoms with Gasteiger partial charge in [0.05, 0.1) is 17.1 Å². The summed E-state index contributed by atoms with van der Waals surface area (Å²) in [5.41, 5.74) is 6.15. The molecule has 4 heteroatoms. The Morgan fingerprint density at radius 1 is 0.889 bits per heavy atom. The maximum atomic E-state index is 6.26. The fourth-order valence-corrected chi connectivity index (χ4v) is 4.40. The van der Waals surface area contributed by atoms with E-state index >= 15 is 0 Å². The van der Waals surface area contributed by atoms with E-state index in [1.165, 1.54) is 11.4 Å². The average molecular weight is 357 g/mol. The van der Waals surface area contributed by atoms with E-state index in [1.54, 1.807) is 0 Å². The van der Waals surface area contributed by atoms with Crippen LogP contribution in [0.5, 0.6) is 0 Å². The van der Waals surface area contributed by atoms with Crippen molar-refractivity contribution in [1.29, 1.82) is 0 Å². The highest BCUT2D eigenvalue weighted by Crippen LogP contribution is 2.47. The smallest absolute Gasteiger partial charge is 0.227 e. The van der Waals surface area contributed by atoms with Crippen LogP contribution in [-0.2, 0) is 0 Å². The van der Waals surface area contributed by atoms with Crippen LogP contribution in [0.1, 0.15) is 26.5 Å². The monoisotopic (exact) mass is 357 g/mol. The van der Waals surface area contributed by atoms with Gasteiger partial charge in [-0.05, 0) is 58.0 Å². The van der Waals surface area contributed by atoms with E-state index in [-0.39, 0.29) is 6.17 Å². The van der Waals surface area contributed by atoms with Gasteiger partial charge in [0.2, 0.25) is 5.71 Å². The first-order chi connectivity index (χ1) is 13.1. The molecule has 1 atom stereocenters. The molecule has 0 bridgehead atoms. The third-order valence-electron chi connectivity index (χ3n) is 5.49. The third-order valence-corrected chi connectivity index (χ3v) is 5.49. The van der Waals surface area contributed by atoms with Crippen LogP contribution in [0.4, 0.5) is 17.1 Å². The van der Waals surface area contributed by atoms with Crippen molar-refractivity contribution < 1.29 is 4.42 Å².